The van der Waals surface area contributed by atoms with Crippen molar-refractivity contribution in [2.75, 3.05) is 11.6 Å². The normalized spacial score (nSPS) is 10.4. The summed E-state index contributed by atoms with van der Waals surface area (Å²) in [4.78, 5) is 2.55. The molecule has 0 saturated heterocycles. The first-order valence-corrected chi connectivity index (χ1v) is 7.37. The van der Waals surface area contributed by atoms with Gasteiger partial charge in [0, 0.05) is 27.0 Å². The highest BCUT2D eigenvalue weighted by Crippen LogP contribution is 2.28. The molecule has 16 heavy (non-hydrogen) atoms. The summed E-state index contributed by atoms with van der Waals surface area (Å²) < 4.78 is 0. The number of halogens is 1. The molecule has 1 aromatic heterocycles. The highest BCUT2D eigenvalue weighted by atomic mass is 35.5. The van der Waals surface area contributed by atoms with Crippen molar-refractivity contribution >= 4 is 40.4 Å². The Kier molecular flexibility index (Phi) is 4.16. The van der Waals surface area contributed by atoms with Crippen molar-refractivity contribution < 1.29 is 0 Å². The standard InChI is InChI=1S/C12H12ClNS2/c1-15-12-5-4-9(13)7-11(12)14-8-10-3-2-6-16-10/h2-7,14H,8H2,1H3. The molecule has 1 N–H and O–H groups in total. The van der Waals surface area contributed by atoms with Crippen molar-refractivity contribution in [3.63, 3.8) is 0 Å². The van der Waals surface area contributed by atoms with Gasteiger partial charge < -0.3 is 5.32 Å². The lowest BCUT2D eigenvalue weighted by Gasteiger charge is -2.09. The topological polar surface area (TPSA) is 12.0 Å². The van der Waals surface area contributed by atoms with E-state index in [-0.39, 0.29) is 0 Å². The number of rotatable bonds is 4. The molecule has 0 spiro atoms. The Balaban J connectivity index is 2.11. The molecule has 0 fully saturated rings. The van der Waals surface area contributed by atoms with E-state index < -0.39 is 0 Å². The van der Waals surface area contributed by atoms with Gasteiger partial charge in [0.05, 0.1) is 0 Å². The first kappa shape index (κ1) is 11.8. The van der Waals surface area contributed by atoms with E-state index in [1.807, 2.05) is 18.2 Å². The van der Waals surface area contributed by atoms with Gasteiger partial charge in [-0.15, -0.1) is 23.1 Å². The van der Waals surface area contributed by atoms with Crippen LogP contribution in [0.5, 0.6) is 0 Å². The number of thioether (sulfide) groups is 1. The average molecular weight is 270 g/mol. The van der Waals surface area contributed by atoms with Crippen molar-refractivity contribution in [1.29, 1.82) is 0 Å². The van der Waals surface area contributed by atoms with Crippen molar-refractivity contribution in [1.82, 2.24) is 0 Å². The number of thiophene rings is 1. The number of nitrogens with one attached hydrogen (secondary N) is 1. The second-order valence-electron chi connectivity index (χ2n) is 3.28. The quantitative estimate of drug-likeness (QED) is 0.805. The van der Waals surface area contributed by atoms with E-state index in [4.69, 9.17) is 11.6 Å². The maximum absolute atomic E-state index is 5.99. The van der Waals surface area contributed by atoms with Gasteiger partial charge in [-0.2, -0.15) is 0 Å². The zero-order valence-electron chi connectivity index (χ0n) is 8.87. The number of hydrogen-bond acceptors (Lipinski definition) is 3. The third kappa shape index (κ3) is 2.94. The van der Waals surface area contributed by atoms with Gasteiger partial charge in [-0.05, 0) is 35.9 Å². The predicted octanol–water partition coefficient (Wildman–Crippen LogP) is 4.74. The van der Waals surface area contributed by atoms with Crippen molar-refractivity contribution in [2.24, 2.45) is 0 Å². The van der Waals surface area contributed by atoms with Gasteiger partial charge in [-0.1, -0.05) is 17.7 Å². The van der Waals surface area contributed by atoms with E-state index in [1.165, 1.54) is 9.77 Å². The molecule has 1 aromatic carbocycles. The van der Waals surface area contributed by atoms with Crippen molar-refractivity contribution in [3.8, 4) is 0 Å². The Morgan fingerprint density at radius 1 is 1.38 bits per heavy atom. The van der Waals surface area contributed by atoms with Crippen molar-refractivity contribution in [3.05, 3.63) is 45.6 Å². The third-order valence-corrected chi connectivity index (χ3v) is 4.10. The summed E-state index contributed by atoms with van der Waals surface area (Å²) in [5.41, 5.74) is 1.10. The molecule has 0 amide bonds. The molecule has 0 unspecified atom stereocenters. The molecule has 0 saturated carbocycles. The van der Waals surface area contributed by atoms with Gasteiger partial charge in [-0.3, -0.25) is 0 Å². The maximum Gasteiger partial charge on any atom is 0.0496 e. The second-order valence-corrected chi connectivity index (χ2v) is 5.59. The summed E-state index contributed by atoms with van der Waals surface area (Å²) in [5, 5.41) is 6.27. The van der Waals surface area contributed by atoms with E-state index >= 15 is 0 Å². The summed E-state index contributed by atoms with van der Waals surface area (Å²) in [6.45, 7) is 0.853. The van der Waals surface area contributed by atoms with Crippen LogP contribution in [0.2, 0.25) is 5.02 Å². The lowest BCUT2D eigenvalue weighted by molar-refractivity contribution is 1.17. The number of hydrogen-bond donors (Lipinski definition) is 1. The molecule has 0 atom stereocenters. The summed E-state index contributed by atoms with van der Waals surface area (Å²) in [6, 6.07) is 10.1. The van der Waals surface area contributed by atoms with Crippen LogP contribution in [0, 0.1) is 0 Å². The minimum atomic E-state index is 0.770. The molecule has 2 aromatic rings. The molecule has 0 aliphatic rings. The Bertz CT molecular complexity index is 454. The van der Waals surface area contributed by atoms with Crippen LogP contribution in [0.25, 0.3) is 0 Å². The molecular formula is C12H12ClNS2. The summed E-state index contributed by atoms with van der Waals surface area (Å²) in [7, 11) is 0. The highest BCUT2D eigenvalue weighted by Gasteiger charge is 2.02. The molecule has 1 heterocycles. The van der Waals surface area contributed by atoms with E-state index in [2.05, 4.69) is 29.1 Å². The summed E-state index contributed by atoms with van der Waals surface area (Å²) in [5.74, 6) is 0. The first-order chi connectivity index (χ1) is 7.79. The zero-order valence-corrected chi connectivity index (χ0v) is 11.3. The van der Waals surface area contributed by atoms with Gasteiger partial charge >= 0.3 is 0 Å². The van der Waals surface area contributed by atoms with Gasteiger partial charge in [0.25, 0.3) is 0 Å². The Hall–Kier alpha value is -0.640. The molecule has 0 bridgehead atoms. The Labute approximate surface area is 109 Å². The summed E-state index contributed by atoms with van der Waals surface area (Å²) in [6.07, 6.45) is 2.07. The van der Waals surface area contributed by atoms with E-state index in [9.17, 15) is 0 Å². The average Bonchev–Trinajstić information content (AvgIpc) is 2.79. The van der Waals surface area contributed by atoms with Crippen LogP contribution in [0.3, 0.4) is 0 Å². The number of anilines is 1. The monoisotopic (exact) mass is 269 g/mol. The van der Waals surface area contributed by atoms with Gasteiger partial charge in [0.2, 0.25) is 0 Å². The first-order valence-electron chi connectivity index (χ1n) is 4.89. The maximum atomic E-state index is 5.99. The van der Waals surface area contributed by atoms with Crippen molar-refractivity contribution in [2.45, 2.75) is 11.4 Å². The van der Waals surface area contributed by atoms with Gasteiger partial charge in [0.1, 0.15) is 0 Å². The summed E-state index contributed by atoms with van der Waals surface area (Å²) >= 11 is 9.47. The Morgan fingerprint density at radius 3 is 2.94 bits per heavy atom. The lowest BCUT2D eigenvalue weighted by atomic mass is 10.3. The third-order valence-electron chi connectivity index (χ3n) is 2.19. The minimum Gasteiger partial charge on any atom is -0.379 e. The van der Waals surface area contributed by atoms with E-state index in [1.54, 1.807) is 23.1 Å². The molecule has 0 aliphatic heterocycles. The fourth-order valence-corrected chi connectivity index (χ4v) is 2.79. The smallest absolute Gasteiger partial charge is 0.0496 e. The number of benzene rings is 1. The van der Waals surface area contributed by atoms with Gasteiger partial charge in [0.15, 0.2) is 0 Å². The van der Waals surface area contributed by atoms with Crippen LogP contribution >= 0.6 is 34.7 Å². The van der Waals surface area contributed by atoms with Crippen LogP contribution in [0.15, 0.2) is 40.6 Å². The zero-order chi connectivity index (χ0) is 11.4. The molecule has 0 aliphatic carbocycles. The fourth-order valence-electron chi connectivity index (χ4n) is 1.41. The van der Waals surface area contributed by atoms with Crippen LogP contribution in [-0.2, 0) is 6.54 Å². The predicted molar refractivity (Wildman–Crippen MR) is 74.9 cm³/mol. The molecule has 2 rings (SSSR count). The Morgan fingerprint density at radius 2 is 2.25 bits per heavy atom. The minimum absolute atomic E-state index is 0.770. The van der Waals surface area contributed by atoms with E-state index in [0.29, 0.717) is 0 Å². The molecule has 4 heteroatoms. The van der Waals surface area contributed by atoms with Crippen LogP contribution in [0.1, 0.15) is 4.88 Å². The fraction of sp³-hybridized carbons (Fsp3) is 0.167. The second kappa shape index (κ2) is 5.62. The highest BCUT2D eigenvalue weighted by molar-refractivity contribution is 7.98. The molecule has 84 valence electrons. The molecule has 0 radical (unpaired) electrons. The van der Waals surface area contributed by atoms with Gasteiger partial charge in [-0.25, -0.2) is 0 Å². The molecule has 1 nitrogen and oxygen atoms in total. The largest absolute Gasteiger partial charge is 0.379 e. The lowest BCUT2D eigenvalue weighted by Crippen LogP contribution is -1.98. The molecular weight excluding hydrogens is 258 g/mol. The SMILES string of the molecule is CSc1ccc(Cl)cc1NCc1cccs1. The van der Waals surface area contributed by atoms with Crippen LogP contribution in [-0.4, -0.2) is 6.26 Å². The van der Waals surface area contributed by atoms with Crippen LogP contribution < -0.4 is 5.32 Å². The van der Waals surface area contributed by atoms with Crippen LogP contribution in [0.4, 0.5) is 5.69 Å². The van der Waals surface area contributed by atoms with E-state index in [0.717, 1.165) is 17.3 Å².